The fourth-order valence-corrected chi connectivity index (χ4v) is 2.16. The van der Waals surface area contributed by atoms with E-state index in [1.165, 1.54) is 0 Å². The van der Waals surface area contributed by atoms with Crippen molar-refractivity contribution in [3.8, 4) is 17.2 Å². The molecule has 0 bridgehead atoms. The summed E-state index contributed by atoms with van der Waals surface area (Å²) in [5.41, 5.74) is 0. The average Bonchev–Trinajstić information content (AvgIpc) is 2.60. The van der Waals surface area contributed by atoms with Crippen molar-refractivity contribution in [2.75, 3.05) is 20.3 Å². The first-order chi connectivity index (χ1) is 11.6. The fraction of sp³-hybridized carbons (Fsp3) is 0.278. The summed E-state index contributed by atoms with van der Waals surface area (Å²) in [4.78, 5) is 12.0. The lowest BCUT2D eigenvalue weighted by atomic mass is 10.3. The van der Waals surface area contributed by atoms with Gasteiger partial charge in [0, 0.05) is 6.07 Å². The second-order valence-electron chi connectivity index (χ2n) is 5.01. The highest BCUT2D eigenvalue weighted by Gasteiger charge is 2.14. The van der Waals surface area contributed by atoms with Gasteiger partial charge in [-0.2, -0.15) is 0 Å². The molecule has 6 heteroatoms. The van der Waals surface area contributed by atoms with Crippen molar-refractivity contribution < 1.29 is 19.0 Å². The maximum absolute atomic E-state index is 12.0. The van der Waals surface area contributed by atoms with E-state index in [1.54, 1.807) is 44.4 Å². The van der Waals surface area contributed by atoms with Gasteiger partial charge in [-0.3, -0.25) is 4.79 Å². The summed E-state index contributed by atoms with van der Waals surface area (Å²) in [7, 11) is 1.58. The number of amides is 1. The first kappa shape index (κ1) is 17.9. The quantitative estimate of drug-likeness (QED) is 0.743. The van der Waals surface area contributed by atoms with E-state index in [0.717, 1.165) is 0 Å². The van der Waals surface area contributed by atoms with Gasteiger partial charge in [-0.1, -0.05) is 29.8 Å². The van der Waals surface area contributed by atoms with Gasteiger partial charge in [0.1, 0.15) is 23.9 Å². The van der Waals surface area contributed by atoms with Crippen LogP contribution >= 0.6 is 11.6 Å². The minimum Gasteiger partial charge on any atom is -0.497 e. The van der Waals surface area contributed by atoms with Gasteiger partial charge in [-0.25, -0.2) is 0 Å². The molecule has 128 valence electrons. The van der Waals surface area contributed by atoms with Crippen LogP contribution in [0, 0.1) is 0 Å². The molecule has 0 spiro atoms. The second-order valence-corrected chi connectivity index (χ2v) is 5.42. The summed E-state index contributed by atoms with van der Waals surface area (Å²) >= 11 is 5.99. The molecule has 1 amide bonds. The first-order valence-electron chi connectivity index (χ1n) is 7.56. The third kappa shape index (κ3) is 5.35. The average molecular weight is 350 g/mol. The Balaban J connectivity index is 1.74. The van der Waals surface area contributed by atoms with Gasteiger partial charge in [-0.15, -0.1) is 0 Å². The van der Waals surface area contributed by atoms with E-state index in [4.69, 9.17) is 25.8 Å². The van der Waals surface area contributed by atoms with Crippen molar-refractivity contribution in [1.29, 1.82) is 0 Å². The number of carbonyl (C=O) groups excluding carboxylic acids is 1. The number of nitrogens with one attached hydrogen (secondary N) is 1. The fourth-order valence-electron chi connectivity index (χ4n) is 1.97. The lowest BCUT2D eigenvalue weighted by Crippen LogP contribution is -2.38. The SMILES string of the molecule is COc1cccc(OC(C)C(=O)NCCOc2ccccc2Cl)c1. The van der Waals surface area contributed by atoms with E-state index < -0.39 is 6.10 Å². The maximum atomic E-state index is 12.0. The molecule has 1 atom stereocenters. The summed E-state index contributed by atoms with van der Waals surface area (Å²) in [6.07, 6.45) is -0.627. The zero-order valence-corrected chi connectivity index (χ0v) is 14.4. The van der Waals surface area contributed by atoms with Gasteiger partial charge in [0.05, 0.1) is 18.7 Å². The van der Waals surface area contributed by atoms with E-state index in [1.807, 2.05) is 18.2 Å². The smallest absolute Gasteiger partial charge is 0.260 e. The van der Waals surface area contributed by atoms with Crippen LogP contribution in [-0.2, 0) is 4.79 Å². The van der Waals surface area contributed by atoms with Crippen LogP contribution in [0.3, 0.4) is 0 Å². The highest BCUT2D eigenvalue weighted by atomic mass is 35.5. The largest absolute Gasteiger partial charge is 0.497 e. The van der Waals surface area contributed by atoms with Crippen LogP contribution in [0.2, 0.25) is 5.02 Å². The maximum Gasteiger partial charge on any atom is 0.260 e. The van der Waals surface area contributed by atoms with Crippen molar-refractivity contribution in [2.45, 2.75) is 13.0 Å². The Morgan fingerprint density at radius 3 is 2.67 bits per heavy atom. The molecule has 1 N–H and O–H groups in total. The number of carbonyl (C=O) groups is 1. The third-order valence-electron chi connectivity index (χ3n) is 3.22. The Kier molecular flexibility index (Phi) is 6.75. The number of halogens is 1. The number of hydrogen-bond acceptors (Lipinski definition) is 4. The van der Waals surface area contributed by atoms with Gasteiger partial charge >= 0.3 is 0 Å². The zero-order valence-electron chi connectivity index (χ0n) is 13.6. The number of para-hydroxylation sites is 1. The van der Waals surface area contributed by atoms with Crippen LogP contribution < -0.4 is 19.5 Å². The van der Waals surface area contributed by atoms with Gasteiger partial charge in [0.25, 0.3) is 5.91 Å². The van der Waals surface area contributed by atoms with E-state index in [-0.39, 0.29) is 5.91 Å². The Morgan fingerprint density at radius 2 is 1.92 bits per heavy atom. The predicted octanol–water partition coefficient (Wildman–Crippen LogP) is 3.31. The van der Waals surface area contributed by atoms with Crippen molar-refractivity contribution in [1.82, 2.24) is 5.32 Å². The Morgan fingerprint density at radius 1 is 1.17 bits per heavy atom. The highest BCUT2D eigenvalue weighted by molar-refractivity contribution is 6.32. The van der Waals surface area contributed by atoms with E-state index in [0.29, 0.717) is 35.4 Å². The van der Waals surface area contributed by atoms with Crippen LogP contribution in [0.5, 0.6) is 17.2 Å². The van der Waals surface area contributed by atoms with Crippen LogP contribution in [0.1, 0.15) is 6.92 Å². The molecular formula is C18H20ClNO4. The summed E-state index contributed by atoms with van der Waals surface area (Å²) in [6, 6.07) is 14.3. The molecule has 0 saturated carbocycles. The molecule has 0 aromatic heterocycles. The standard InChI is InChI=1S/C18H20ClNO4/c1-13(24-15-7-5-6-14(12-15)22-2)18(21)20-10-11-23-17-9-4-3-8-16(17)19/h3-9,12-13H,10-11H2,1-2H3,(H,20,21). The molecular weight excluding hydrogens is 330 g/mol. The van der Waals surface area contributed by atoms with Crippen molar-refractivity contribution in [2.24, 2.45) is 0 Å². The second kappa shape index (κ2) is 9.03. The number of ether oxygens (including phenoxy) is 3. The molecule has 0 aliphatic heterocycles. The Bertz CT molecular complexity index is 678. The number of benzene rings is 2. The summed E-state index contributed by atoms with van der Waals surface area (Å²) in [5.74, 6) is 1.62. The van der Waals surface area contributed by atoms with Crippen LogP contribution in [0.25, 0.3) is 0 Å². The van der Waals surface area contributed by atoms with Gasteiger partial charge in [0.15, 0.2) is 6.10 Å². The van der Waals surface area contributed by atoms with E-state index in [9.17, 15) is 4.79 Å². The molecule has 2 rings (SSSR count). The minimum absolute atomic E-state index is 0.222. The van der Waals surface area contributed by atoms with Crippen LogP contribution in [0.4, 0.5) is 0 Å². The molecule has 0 aliphatic carbocycles. The molecule has 0 aliphatic rings. The van der Waals surface area contributed by atoms with Crippen LogP contribution in [0.15, 0.2) is 48.5 Å². The predicted molar refractivity (Wildman–Crippen MR) is 93.0 cm³/mol. The molecule has 0 radical (unpaired) electrons. The van der Waals surface area contributed by atoms with Crippen molar-refractivity contribution in [3.63, 3.8) is 0 Å². The lowest BCUT2D eigenvalue weighted by molar-refractivity contribution is -0.127. The first-order valence-corrected chi connectivity index (χ1v) is 7.93. The zero-order chi connectivity index (χ0) is 17.4. The molecule has 1 unspecified atom stereocenters. The third-order valence-corrected chi connectivity index (χ3v) is 3.53. The topological polar surface area (TPSA) is 56.8 Å². The summed E-state index contributed by atoms with van der Waals surface area (Å²) in [6.45, 7) is 2.36. The highest BCUT2D eigenvalue weighted by Crippen LogP contribution is 2.22. The molecule has 0 fully saturated rings. The normalized spacial score (nSPS) is 11.5. The van der Waals surface area contributed by atoms with Crippen molar-refractivity contribution >= 4 is 17.5 Å². The molecule has 2 aromatic carbocycles. The van der Waals surface area contributed by atoms with E-state index in [2.05, 4.69) is 5.32 Å². The van der Waals surface area contributed by atoms with Crippen molar-refractivity contribution in [3.05, 3.63) is 53.6 Å². The van der Waals surface area contributed by atoms with Crippen LogP contribution in [-0.4, -0.2) is 32.3 Å². The Labute approximate surface area is 146 Å². The monoisotopic (exact) mass is 349 g/mol. The van der Waals surface area contributed by atoms with E-state index >= 15 is 0 Å². The van der Waals surface area contributed by atoms with Gasteiger partial charge in [0.2, 0.25) is 0 Å². The number of methoxy groups -OCH3 is 1. The molecule has 0 saturated heterocycles. The molecule has 0 heterocycles. The minimum atomic E-state index is -0.627. The molecule has 24 heavy (non-hydrogen) atoms. The summed E-state index contributed by atoms with van der Waals surface area (Å²) in [5, 5.41) is 3.30. The molecule has 5 nitrogen and oxygen atoms in total. The van der Waals surface area contributed by atoms with Gasteiger partial charge in [-0.05, 0) is 31.2 Å². The lowest BCUT2D eigenvalue weighted by Gasteiger charge is -2.15. The molecule has 2 aromatic rings. The van der Waals surface area contributed by atoms with Gasteiger partial charge < -0.3 is 19.5 Å². The number of rotatable bonds is 8. The summed E-state index contributed by atoms with van der Waals surface area (Å²) < 4.78 is 16.2. The Hall–Kier alpha value is -2.40. The number of hydrogen-bond donors (Lipinski definition) is 1.